The second kappa shape index (κ2) is 4.38. The largest absolute Gasteiger partial charge is 0.496 e. The Morgan fingerprint density at radius 3 is 2.69 bits per heavy atom. The average Bonchev–Trinajstić information content (AvgIpc) is 2.27. The van der Waals surface area contributed by atoms with Crippen LogP contribution in [0.15, 0.2) is 10.5 Å². The lowest BCUT2D eigenvalue weighted by atomic mass is 9.81. The monoisotopic (exact) mass is 284 g/mol. The van der Waals surface area contributed by atoms with Gasteiger partial charge in [0.05, 0.1) is 13.2 Å². The van der Waals surface area contributed by atoms with Crippen molar-refractivity contribution in [1.82, 2.24) is 0 Å². The molecule has 0 aliphatic heterocycles. The molecule has 16 heavy (non-hydrogen) atoms. The van der Waals surface area contributed by atoms with Gasteiger partial charge in [-0.15, -0.1) is 0 Å². The third-order valence-corrected chi connectivity index (χ3v) is 4.46. The normalized spacial score (nSPS) is 24.1. The minimum atomic E-state index is -0.366. The zero-order valence-electron chi connectivity index (χ0n) is 9.88. The van der Waals surface area contributed by atoms with Crippen LogP contribution in [0.5, 0.6) is 5.75 Å². The molecular weight excluding hydrogens is 268 g/mol. The van der Waals surface area contributed by atoms with Gasteiger partial charge < -0.3 is 9.84 Å². The molecule has 0 aromatic heterocycles. The number of aliphatic hydroxyl groups is 1. The Hall–Kier alpha value is -0.540. The number of halogens is 1. The number of hydrogen-bond acceptors (Lipinski definition) is 2. The van der Waals surface area contributed by atoms with Crippen molar-refractivity contribution < 1.29 is 9.84 Å². The number of fused-ring (bicyclic) bond motifs is 1. The maximum atomic E-state index is 10.1. The van der Waals surface area contributed by atoms with Gasteiger partial charge in [-0.3, -0.25) is 0 Å². The van der Waals surface area contributed by atoms with Gasteiger partial charge in [-0.25, -0.2) is 0 Å². The van der Waals surface area contributed by atoms with Crippen LogP contribution < -0.4 is 4.74 Å². The van der Waals surface area contributed by atoms with Gasteiger partial charge in [-0.1, -0.05) is 22.9 Å². The molecular formula is C13H17BrO2. The van der Waals surface area contributed by atoms with Crippen molar-refractivity contribution in [3.63, 3.8) is 0 Å². The van der Waals surface area contributed by atoms with Crippen LogP contribution in [-0.2, 0) is 0 Å². The van der Waals surface area contributed by atoms with E-state index in [9.17, 15) is 5.11 Å². The molecule has 0 spiro atoms. The molecule has 1 N–H and O–H groups in total. The SMILES string of the molecule is COc1cc(C)c(Br)c2c1C(C)CCC2O. The average molecular weight is 285 g/mol. The first-order chi connectivity index (χ1) is 7.56. The van der Waals surface area contributed by atoms with Crippen molar-refractivity contribution in [2.75, 3.05) is 7.11 Å². The first kappa shape index (κ1) is 11.9. The standard InChI is InChI=1S/C13H17BrO2/c1-7-4-5-9(15)12-11(7)10(16-3)6-8(2)13(12)14/h6-7,9,15H,4-5H2,1-3H3. The van der Waals surface area contributed by atoms with Crippen molar-refractivity contribution in [2.24, 2.45) is 0 Å². The highest BCUT2D eigenvalue weighted by atomic mass is 79.9. The van der Waals surface area contributed by atoms with E-state index in [2.05, 4.69) is 22.9 Å². The van der Waals surface area contributed by atoms with Gasteiger partial charge in [0, 0.05) is 15.6 Å². The molecule has 2 atom stereocenters. The smallest absolute Gasteiger partial charge is 0.123 e. The van der Waals surface area contributed by atoms with E-state index in [4.69, 9.17) is 4.74 Å². The molecule has 2 rings (SSSR count). The van der Waals surface area contributed by atoms with Crippen molar-refractivity contribution in [3.05, 3.63) is 27.2 Å². The third-order valence-electron chi connectivity index (χ3n) is 3.40. The van der Waals surface area contributed by atoms with Crippen LogP contribution in [0.1, 0.15) is 48.5 Å². The quantitative estimate of drug-likeness (QED) is 0.852. The van der Waals surface area contributed by atoms with E-state index in [1.165, 1.54) is 5.56 Å². The predicted molar refractivity (Wildman–Crippen MR) is 68.0 cm³/mol. The van der Waals surface area contributed by atoms with Crippen LogP contribution in [0.3, 0.4) is 0 Å². The van der Waals surface area contributed by atoms with E-state index in [-0.39, 0.29) is 6.10 Å². The molecule has 88 valence electrons. The van der Waals surface area contributed by atoms with E-state index in [0.717, 1.165) is 34.2 Å². The number of aryl methyl sites for hydroxylation is 1. The van der Waals surface area contributed by atoms with Crippen molar-refractivity contribution in [3.8, 4) is 5.75 Å². The number of benzene rings is 1. The Labute approximate surface area is 105 Å². The number of methoxy groups -OCH3 is 1. The molecule has 0 fully saturated rings. The maximum absolute atomic E-state index is 10.1. The first-order valence-corrected chi connectivity index (χ1v) is 6.40. The molecule has 0 amide bonds. The zero-order valence-corrected chi connectivity index (χ0v) is 11.5. The van der Waals surface area contributed by atoms with Crippen LogP contribution in [-0.4, -0.2) is 12.2 Å². The number of aliphatic hydroxyl groups excluding tert-OH is 1. The second-order valence-electron chi connectivity index (χ2n) is 4.53. The molecule has 0 bridgehead atoms. The Morgan fingerprint density at radius 2 is 2.06 bits per heavy atom. The maximum Gasteiger partial charge on any atom is 0.123 e. The Balaban J connectivity index is 2.70. The first-order valence-electron chi connectivity index (χ1n) is 5.61. The lowest BCUT2D eigenvalue weighted by Crippen LogP contribution is -2.15. The molecule has 1 aromatic rings. The Morgan fingerprint density at radius 1 is 1.38 bits per heavy atom. The molecule has 0 heterocycles. The van der Waals surface area contributed by atoms with Gasteiger partial charge in [0.1, 0.15) is 5.75 Å². The fourth-order valence-corrected chi connectivity index (χ4v) is 3.09. The van der Waals surface area contributed by atoms with Crippen LogP contribution >= 0.6 is 15.9 Å². The summed E-state index contributed by atoms with van der Waals surface area (Å²) in [7, 11) is 1.69. The van der Waals surface area contributed by atoms with E-state index in [1.54, 1.807) is 7.11 Å². The summed E-state index contributed by atoms with van der Waals surface area (Å²) in [6.45, 7) is 4.22. The molecule has 1 aliphatic rings. The topological polar surface area (TPSA) is 29.5 Å². The second-order valence-corrected chi connectivity index (χ2v) is 5.32. The van der Waals surface area contributed by atoms with Gasteiger partial charge in [-0.05, 0) is 37.3 Å². The summed E-state index contributed by atoms with van der Waals surface area (Å²) in [6, 6.07) is 2.04. The molecule has 1 aromatic carbocycles. The van der Waals surface area contributed by atoms with Crippen LogP contribution in [0, 0.1) is 6.92 Å². The van der Waals surface area contributed by atoms with Gasteiger partial charge in [-0.2, -0.15) is 0 Å². The molecule has 2 nitrogen and oxygen atoms in total. The summed E-state index contributed by atoms with van der Waals surface area (Å²) in [5.74, 6) is 1.35. The predicted octanol–water partition coefficient (Wildman–Crippen LogP) is 3.70. The number of ether oxygens (including phenoxy) is 1. The molecule has 0 saturated carbocycles. The van der Waals surface area contributed by atoms with Crippen molar-refractivity contribution in [1.29, 1.82) is 0 Å². The van der Waals surface area contributed by atoms with Gasteiger partial charge >= 0.3 is 0 Å². The lowest BCUT2D eigenvalue weighted by molar-refractivity contribution is 0.149. The summed E-state index contributed by atoms with van der Waals surface area (Å²) in [5.41, 5.74) is 3.30. The molecule has 0 saturated heterocycles. The fourth-order valence-electron chi connectivity index (χ4n) is 2.50. The third kappa shape index (κ3) is 1.76. The summed E-state index contributed by atoms with van der Waals surface area (Å²) in [6.07, 6.45) is 1.48. The minimum absolute atomic E-state index is 0.366. The van der Waals surface area contributed by atoms with Crippen LogP contribution in [0.25, 0.3) is 0 Å². The van der Waals surface area contributed by atoms with Crippen LogP contribution in [0.4, 0.5) is 0 Å². The lowest BCUT2D eigenvalue weighted by Gasteiger charge is -2.30. The molecule has 3 heteroatoms. The fraction of sp³-hybridized carbons (Fsp3) is 0.538. The van der Waals surface area contributed by atoms with Crippen molar-refractivity contribution in [2.45, 2.75) is 38.7 Å². The van der Waals surface area contributed by atoms with E-state index in [1.807, 2.05) is 13.0 Å². The van der Waals surface area contributed by atoms with E-state index >= 15 is 0 Å². The molecule has 2 unspecified atom stereocenters. The number of rotatable bonds is 1. The van der Waals surface area contributed by atoms with Crippen LogP contribution in [0.2, 0.25) is 0 Å². The minimum Gasteiger partial charge on any atom is -0.496 e. The summed E-state index contributed by atoms with van der Waals surface area (Å²) in [4.78, 5) is 0. The zero-order chi connectivity index (χ0) is 11.9. The van der Waals surface area contributed by atoms with Gasteiger partial charge in [0.2, 0.25) is 0 Å². The highest BCUT2D eigenvalue weighted by Crippen LogP contribution is 2.46. The summed E-state index contributed by atoms with van der Waals surface area (Å²) < 4.78 is 6.47. The van der Waals surface area contributed by atoms with E-state index in [0.29, 0.717) is 5.92 Å². The highest BCUT2D eigenvalue weighted by molar-refractivity contribution is 9.10. The van der Waals surface area contributed by atoms with Gasteiger partial charge in [0.15, 0.2) is 0 Å². The molecule has 1 aliphatic carbocycles. The van der Waals surface area contributed by atoms with E-state index < -0.39 is 0 Å². The Kier molecular flexibility index (Phi) is 3.27. The highest BCUT2D eigenvalue weighted by Gasteiger charge is 2.29. The van der Waals surface area contributed by atoms with Crippen molar-refractivity contribution >= 4 is 15.9 Å². The van der Waals surface area contributed by atoms with Gasteiger partial charge in [0.25, 0.3) is 0 Å². The number of hydrogen-bond donors (Lipinski definition) is 1. The Bertz CT molecular complexity index is 415. The summed E-state index contributed by atoms with van der Waals surface area (Å²) in [5, 5.41) is 10.1. The molecule has 0 radical (unpaired) electrons. The summed E-state index contributed by atoms with van der Waals surface area (Å²) >= 11 is 3.58.